The Hall–Kier alpha value is -2.13. The summed E-state index contributed by atoms with van der Waals surface area (Å²) in [7, 11) is -3.40. The van der Waals surface area contributed by atoms with Crippen molar-refractivity contribution in [2.45, 2.75) is 29.4 Å². The molecular formula is C20H18O2S. The van der Waals surface area contributed by atoms with Crippen molar-refractivity contribution in [1.29, 1.82) is 0 Å². The fourth-order valence-electron chi connectivity index (χ4n) is 3.63. The van der Waals surface area contributed by atoms with E-state index in [9.17, 15) is 8.42 Å². The molecule has 0 spiro atoms. The van der Waals surface area contributed by atoms with Crippen LogP contribution < -0.4 is 0 Å². The topological polar surface area (TPSA) is 34.1 Å². The lowest BCUT2D eigenvalue weighted by molar-refractivity contribution is 0.561. The number of hydrogen-bond donors (Lipinski definition) is 0. The summed E-state index contributed by atoms with van der Waals surface area (Å²) in [4.78, 5) is 0.456. The van der Waals surface area contributed by atoms with Crippen molar-refractivity contribution in [3.05, 3.63) is 77.9 Å². The molecule has 3 heteroatoms. The zero-order valence-electron chi connectivity index (χ0n) is 12.8. The van der Waals surface area contributed by atoms with Crippen LogP contribution in [-0.2, 0) is 16.3 Å². The summed E-state index contributed by atoms with van der Waals surface area (Å²) in [6, 6.07) is 21.2. The van der Waals surface area contributed by atoms with Gasteiger partial charge in [0.15, 0.2) is 9.84 Å². The third-order valence-electron chi connectivity index (χ3n) is 4.75. The highest BCUT2D eigenvalue weighted by Crippen LogP contribution is 2.40. The lowest BCUT2D eigenvalue weighted by Crippen LogP contribution is -2.19. The third kappa shape index (κ3) is 2.36. The molecule has 4 rings (SSSR count). The standard InChI is InChI=1S/C20H18O2S/c21-23(22,19-13-5-9-15-7-1-3-11-17(15)19)20-14-6-10-16-8-2-4-12-18(16)20/h1-5,7-9,11-13,20H,6,10,14H2. The number of hydrogen-bond acceptors (Lipinski definition) is 2. The zero-order chi connectivity index (χ0) is 15.9. The van der Waals surface area contributed by atoms with Crippen molar-refractivity contribution in [1.82, 2.24) is 0 Å². The highest BCUT2D eigenvalue weighted by atomic mass is 32.2. The summed E-state index contributed by atoms with van der Waals surface area (Å²) in [6.07, 6.45) is 2.59. The number of benzene rings is 3. The number of fused-ring (bicyclic) bond motifs is 2. The van der Waals surface area contributed by atoms with Crippen LogP contribution in [0.4, 0.5) is 0 Å². The minimum absolute atomic E-state index is 0.432. The first-order valence-electron chi connectivity index (χ1n) is 7.97. The van der Waals surface area contributed by atoms with Gasteiger partial charge in [0.2, 0.25) is 0 Å². The summed E-state index contributed by atoms with van der Waals surface area (Å²) in [5.41, 5.74) is 2.15. The fourth-order valence-corrected chi connectivity index (χ4v) is 5.74. The van der Waals surface area contributed by atoms with E-state index >= 15 is 0 Å². The van der Waals surface area contributed by atoms with Gasteiger partial charge in [-0.1, -0.05) is 60.7 Å². The molecule has 0 saturated heterocycles. The Morgan fingerprint density at radius 3 is 2.48 bits per heavy atom. The first-order chi connectivity index (χ1) is 11.2. The first kappa shape index (κ1) is 14.5. The van der Waals surface area contributed by atoms with Crippen LogP contribution in [0.2, 0.25) is 0 Å². The highest BCUT2D eigenvalue weighted by Gasteiger charge is 2.33. The molecule has 1 aliphatic carbocycles. The normalized spacial score (nSPS) is 17.8. The molecule has 1 unspecified atom stereocenters. The van der Waals surface area contributed by atoms with E-state index < -0.39 is 15.1 Å². The summed E-state index contributed by atoms with van der Waals surface area (Å²) >= 11 is 0. The van der Waals surface area contributed by atoms with Crippen LogP contribution in [0.1, 0.15) is 29.2 Å². The van der Waals surface area contributed by atoms with Crippen LogP contribution in [0.5, 0.6) is 0 Å². The molecule has 3 aromatic carbocycles. The van der Waals surface area contributed by atoms with Gasteiger partial charge in [-0.15, -0.1) is 0 Å². The average Bonchev–Trinajstić information content (AvgIpc) is 2.60. The molecule has 2 nitrogen and oxygen atoms in total. The summed E-state index contributed by atoms with van der Waals surface area (Å²) in [5.74, 6) is 0. The van der Waals surface area contributed by atoms with Gasteiger partial charge in [0.1, 0.15) is 0 Å². The van der Waals surface area contributed by atoms with Crippen molar-refractivity contribution in [2.75, 3.05) is 0 Å². The Kier molecular flexibility index (Phi) is 3.46. The van der Waals surface area contributed by atoms with Crippen molar-refractivity contribution < 1.29 is 8.42 Å². The van der Waals surface area contributed by atoms with Gasteiger partial charge < -0.3 is 0 Å². The molecule has 0 saturated carbocycles. The molecule has 0 aromatic heterocycles. The summed E-state index contributed by atoms with van der Waals surface area (Å²) in [5, 5.41) is 1.36. The van der Waals surface area contributed by atoms with E-state index in [2.05, 4.69) is 6.07 Å². The summed E-state index contributed by atoms with van der Waals surface area (Å²) < 4.78 is 26.7. The van der Waals surface area contributed by atoms with E-state index in [-0.39, 0.29) is 0 Å². The molecule has 0 fully saturated rings. The van der Waals surface area contributed by atoms with Gasteiger partial charge in [0, 0.05) is 5.39 Å². The Bertz CT molecular complexity index is 968. The first-order valence-corrected chi connectivity index (χ1v) is 9.52. The molecule has 0 N–H and O–H groups in total. The predicted octanol–water partition coefficient (Wildman–Crippen LogP) is 4.69. The molecule has 0 amide bonds. The minimum atomic E-state index is -3.40. The monoisotopic (exact) mass is 322 g/mol. The lowest BCUT2D eigenvalue weighted by atomic mass is 9.91. The maximum Gasteiger partial charge on any atom is 0.185 e. The quantitative estimate of drug-likeness (QED) is 0.686. The second-order valence-corrected chi connectivity index (χ2v) is 8.20. The minimum Gasteiger partial charge on any atom is -0.223 e. The van der Waals surface area contributed by atoms with Crippen molar-refractivity contribution in [2.24, 2.45) is 0 Å². The lowest BCUT2D eigenvalue weighted by Gasteiger charge is -2.26. The maximum atomic E-state index is 13.4. The van der Waals surface area contributed by atoms with E-state index in [1.165, 1.54) is 5.56 Å². The average molecular weight is 322 g/mol. The van der Waals surface area contributed by atoms with E-state index in [0.29, 0.717) is 11.3 Å². The van der Waals surface area contributed by atoms with Gasteiger partial charge in [-0.3, -0.25) is 0 Å². The van der Waals surface area contributed by atoms with Gasteiger partial charge in [0.25, 0.3) is 0 Å². The molecule has 1 atom stereocenters. The van der Waals surface area contributed by atoms with Crippen LogP contribution in [0.25, 0.3) is 10.8 Å². The van der Waals surface area contributed by atoms with E-state index in [0.717, 1.165) is 29.2 Å². The third-order valence-corrected chi connectivity index (χ3v) is 6.95. The molecule has 116 valence electrons. The van der Waals surface area contributed by atoms with Gasteiger partial charge >= 0.3 is 0 Å². The Balaban J connectivity index is 1.92. The van der Waals surface area contributed by atoms with Crippen LogP contribution in [0, 0.1) is 0 Å². The molecule has 1 aliphatic rings. The largest absolute Gasteiger partial charge is 0.223 e. The molecule has 0 aliphatic heterocycles. The Morgan fingerprint density at radius 2 is 1.57 bits per heavy atom. The smallest absolute Gasteiger partial charge is 0.185 e. The van der Waals surface area contributed by atoms with Crippen LogP contribution in [0.15, 0.2) is 71.6 Å². The second-order valence-electron chi connectivity index (χ2n) is 6.10. The van der Waals surface area contributed by atoms with Crippen molar-refractivity contribution in [3.8, 4) is 0 Å². The molecule has 23 heavy (non-hydrogen) atoms. The van der Waals surface area contributed by atoms with E-state index in [4.69, 9.17) is 0 Å². The molecule has 0 heterocycles. The molecule has 0 bridgehead atoms. The predicted molar refractivity (Wildman–Crippen MR) is 93.3 cm³/mol. The maximum absolute atomic E-state index is 13.4. The number of aryl methyl sites for hydroxylation is 1. The van der Waals surface area contributed by atoms with Crippen LogP contribution in [-0.4, -0.2) is 8.42 Å². The van der Waals surface area contributed by atoms with Gasteiger partial charge in [0.05, 0.1) is 10.1 Å². The second kappa shape index (κ2) is 5.50. The molecule has 3 aromatic rings. The highest BCUT2D eigenvalue weighted by molar-refractivity contribution is 7.92. The van der Waals surface area contributed by atoms with E-state index in [1.807, 2.05) is 54.6 Å². The number of rotatable bonds is 2. The SMILES string of the molecule is O=S(=O)(c1cccc2ccccc12)C1CCCc2ccccc21. The molecular weight excluding hydrogens is 304 g/mol. The Labute approximate surface area is 136 Å². The van der Waals surface area contributed by atoms with Gasteiger partial charge in [-0.25, -0.2) is 8.42 Å². The van der Waals surface area contributed by atoms with E-state index in [1.54, 1.807) is 6.07 Å². The number of sulfone groups is 1. The zero-order valence-corrected chi connectivity index (χ0v) is 13.6. The Morgan fingerprint density at radius 1 is 0.826 bits per heavy atom. The van der Waals surface area contributed by atoms with Crippen LogP contribution >= 0.6 is 0 Å². The van der Waals surface area contributed by atoms with Crippen LogP contribution in [0.3, 0.4) is 0 Å². The van der Waals surface area contributed by atoms with Gasteiger partial charge in [-0.05, 0) is 41.8 Å². The van der Waals surface area contributed by atoms with Crippen molar-refractivity contribution in [3.63, 3.8) is 0 Å². The van der Waals surface area contributed by atoms with Crippen molar-refractivity contribution >= 4 is 20.6 Å². The fraction of sp³-hybridized carbons (Fsp3) is 0.200. The molecule has 0 radical (unpaired) electrons. The van der Waals surface area contributed by atoms with Gasteiger partial charge in [-0.2, -0.15) is 0 Å². The summed E-state index contributed by atoms with van der Waals surface area (Å²) in [6.45, 7) is 0.